The highest BCUT2D eigenvalue weighted by molar-refractivity contribution is 6.10. The summed E-state index contributed by atoms with van der Waals surface area (Å²) in [7, 11) is 1.64. The van der Waals surface area contributed by atoms with Crippen molar-refractivity contribution in [3.8, 4) is 28.5 Å². The molecule has 36 heavy (non-hydrogen) atoms. The Morgan fingerprint density at radius 3 is 2.64 bits per heavy atom. The van der Waals surface area contributed by atoms with E-state index in [1.807, 2.05) is 31.2 Å². The Bertz CT molecular complexity index is 1370. The van der Waals surface area contributed by atoms with Crippen LogP contribution in [-0.2, 0) is 4.74 Å². The van der Waals surface area contributed by atoms with Crippen molar-refractivity contribution in [2.24, 2.45) is 5.73 Å². The van der Waals surface area contributed by atoms with E-state index in [0.29, 0.717) is 48.6 Å². The fourth-order valence-electron chi connectivity index (χ4n) is 4.27. The number of aromatic nitrogens is 3. The SMILES string of the molecule is CC[C@H](N)COc1cncc(-c2cc3c(cnc4cc(OC5CCOCC5)c(OC)cc43)c(N)n2)c1. The van der Waals surface area contributed by atoms with Crippen molar-refractivity contribution in [3.05, 3.63) is 42.9 Å². The van der Waals surface area contributed by atoms with Gasteiger partial charge in [-0.1, -0.05) is 6.92 Å². The predicted octanol–water partition coefficient (Wildman–Crippen LogP) is 4.11. The van der Waals surface area contributed by atoms with Gasteiger partial charge < -0.3 is 30.4 Å². The highest BCUT2D eigenvalue weighted by Crippen LogP contribution is 2.38. The summed E-state index contributed by atoms with van der Waals surface area (Å²) in [6.45, 7) is 3.85. The second kappa shape index (κ2) is 10.5. The zero-order valence-electron chi connectivity index (χ0n) is 20.6. The molecule has 1 saturated heterocycles. The van der Waals surface area contributed by atoms with Crippen molar-refractivity contribution < 1.29 is 18.9 Å². The molecule has 4 aromatic rings. The molecule has 0 radical (unpaired) electrons. The van der Waals surface area contributed by atoms with Crippen LogP contribution in [0.4, 0.5) is 5.82 Å². The Morgan fingerprint density at radius 1 is 1.03 bits per heavy atom. The van der Waals surface area contributed by atoms with Gasteiger partial charge in [-0.15, -0.1) is 0 Å². The normalized spacial score (nSPS) is 15.2. The Morgan fingerprint density at radius 2 is 1.86 bits per heavy atom. The van der Waals surface area contributed by atoms with Crippen LogP contribution in [0.1, 0.15) is 26.2 Å². The zero-order valence-corrected chi connectivity index (χ0v) is 20.6. The Labute approximate surface area is 209 Å². The van der Waals surface area contributed by atoms with Gasteiger partial charge in [0, 0.05) is 53.7 Å². The molecule has 4 N–H and O–H groups in total. The number of ether oxygens (including phenoxy) is 4. The quantitative estimate of drug-likeness (QED) is 0.351. The fourth-order valence-corrected chi connectivity index (χ4v) is 4.27. The molecule has 0 aliphatic carbocycles. The molecule has 0 amide bonds. The van der Waals surface area contributed by atoms with Gasteiger partial charge in [-0.25, -0.2) is 4.98 Å². The number of pyridine rings is 3. The maximum absolute atomic E-state index is 6.38. The van der Waals surface area contributed by atoms with E-state index in [9.17, 15) is 0 Å². The third-order valence-corrected chi connectivity index (χ3v) is 6.45. The van der Waals surface area contributed by atoms with Gasteiger partial charge in [-0.05, 0) is 30.0 Å². The lowest BCUT2D eigenvalue weighted by molar-refractivity contribution is 0.0246. The monoisotopic (exact) mass is 489 g/mol. The van der Waals surface area contributed by atoms with Gasteiger partial charge in [0.25, 0.3) is 0 Å². The van der Waals surface area contributed by atoms with E-state index in [2.05, 4.69) is 15.0 Å². The number of methoxy groups -OCH3 is 1. The minimum Gasteiger partial charge on any atom is -0.493 e. The average molecular weight is 490 g/mol. The van der Waals surface area contributed by atoms with Gasteiger partial charge in [0.2, 0.25) is 0 Å². The maximum atomic E-state index is 6.38. The summed E-state index contributed by atoms with van der Waals surface area (Å²) in [5.41, 5.74) is 14.6. The largest absolute Gasteiger partial charge is 0.493 e. The minimum absolute atomic E-state index is 0.0303. The highest BCUT2D eigenvalue weighted by atomic mass is 16.5. The van der Waals surface area contributed by atoms with Crippen LogP contribution < -0.4 is 25.7 Å². The third kappa shape index (κ3) is 4.98. The van der Waals surface area contributed by atoms with Crippen LogP contribution in [0.3, 0.4) is 0 Å². The van der Waals surface area contributed by atoms with Crippen LogP contribution in [0.15, 0.2) is 42.9 Å². The first-order chi connectivity index (χ1) is 17.6. The van der Waals surface area contributed by atoms with Crippen LogP contribution >= 0.6 is 0 Å². The standard InChI is InChI=1S/C27H31N5O4/c1-3-17(28)15-35-19-8-16(12-30-13-19)23-9-20-21-10-25(33-2)26(36-18-4-6-34-7-5-18)11-24(21)31-14-22(20)27(29)32-23/h8-14,17-18H,3-7,15,28H2,1-2H3,(H2,29,32)/t17-/m0/s1. The van der Waals surface area contributed by atoms with E-state index >= 15 is 0 Å². The van der Waals surface area contributed by atoms with E-state index in [4.69, 9.17) is 30.4 Å². The average Bonchev–Trinajstić information content (AvgIpc) is 2.91. The lowest BCUT2D eigenvalue weighted by atomic mass is 10.0. The zero-order chi connectivity index (χ0) is 25.1. The molecule has 1 fully saturated rings. The topological polar surface area (TPSA) is 128 Å². The second-order valence-electron chi connectivity index (χ2n) is 8.95. The summed E-state index contributed by atoms with van der Waals surface area (Å²) in [5.74, 6) is 2.33. The van der Waals surface area contributed by atoms with E-state index < -0.39 is 0 Å². The molecule has 1 aromatic carbocycles. The summed E-state index contributed by atoms with van der Waals surface area (Å²) < 4.78 is 23.2. The molecule has 1 aliphatic heterocycles. The number of benzene rings is 1. The van der Waals surface area contributed by atoms with E-state index in [1.165, 1.54) is 0 Å². The molecule has 0 bridgehead atoms. The second-order valence-corrected chi connectivity index (χ2v) is 8.95. The Balaban J connectivity index is 1.55. The number of nitrogens with zero attached hydrogens (tertiary/aromatic N) is 3. The molecule has 9 heteroatoms. The number of fused-ring (bicyclic) bond motifs is 3. The van der Waals surface area contributed by atoms with Gasteiger partial charge in [-0.2, -0.15) is 0 Å². The number of rotatable bonds is 8. The summed E-state index contributed by atoms with van der Waals surface area (Å²) in [6, 6.07) is 7.73. The fraction of sp³-hybridized carbons (Fsp3) is 0.370. The van der Waals surface area contributed by atoms with Crippen molar-refractivity contribution in [3.63, 3.8) is 0 Å². The summed E-state index contributed by atoms with van der Waals surface area (Å²) in [6.07, 6.45) is 7.77. The molecule has 0 spiro atoms. The number of hydrogen-bond acceptors (Lipinski definition) is 9. The lowest BCUT2D eigenvalue weighted by Crippen LogP contribution is -2.26. The van der Waals surface area contributed by atoms with Crippen LogP contribution in [0.25, 0.3) is 32.9 Å². The van der Waals surface area contributed by atoms with Crippen molar-refractivity contribution >= 4 is 27.5 Å². The molecule has 4 heterocycles. The lowest BCUT2D eigenvalue weighted by Gasteiger charge is -2.24. The van der Waals surface area contributed by atoms with Gasteiger partial charge in [0.05, 0.1) is 37.7 Å². The molecular weight excluding hydrogens is 458 g/mol. The molecule has 0 unspecified atom stereocenters. The third-order valence-electron chi connectivity index (χ3n) is 6.45. The summed E-state index contributed by atoms with van der Waals surface area (Å²) in [4.78, 5) is 13.6. The van der Waals surface area contributed by atoms with Crippen molar-refractivity contribution in [1.82, 2.24) is 15.0 Å². The molecule has 0 saturated carbocycles. The van der Waals surface area contributed by atoms with E-state index in [-0.39, 0.29) is 12.1 Å². The molecule has 1 atom stereocenters. The minimum atomic E-state index is -0.0303. The van der Waals surface area contributed by atoms with Gasteiger partial charge in [-0.3, -0.25) is 9.97 Å². The molecular formula is C27H31N5O4. The number of nitrogens with two attached hydrogens (primary N) is 2. The Hall–Kier alpha value is -3.69. The van der Waals surface area contributed by atoms with Gasteiger partial charge in [0.1, 0.15) is 24.3 Å². The van der Waals surface area contributed by atoms with Crippen LogP contribution in [-0.4, -0.2) is 54.0 Å². The van der Waals surface area contributed by atoms with Crippen LogP contribution in [0, 0.1) is 0 Å². The van der Waals surface area contributed by atoms with Crippen molar-refractivity contribution in [1.29, 1.82) is 0 Å². The molecule has 5 rings (SSSR count). The van der Waals surface area contributed by atoms with E-state index in [0.717, 1.165) is 46.5 Å². The Kier molecular flexibility index (Phi) is 7.02. The first kappa shape index (κ1) is 24.0. The van der Waals surface area contributed by atoms with Gasteiger partial charge >= 0.3 is 0 Å². The predicted molar refractivity (Wildman–Crippen MR) is 139 cm³/mol. The summed E-state index contributed by atoms with van der Waals surface area (Å²) >= 11 is 0. The first-order valence-electron chi connectivity index (χ1n) is 12.2. The molecule has 9 nitrogen and oxygen atoms in total. The highest BCUT2D eigenvalue weighted by Gasteiger charge is 2.19. The van der Waals surface area contributed by atoms with E-state index in [1.54, 1.807) is 25.7 Å². The summed E-state index contributed by atoms with van der Waals surface area (Å²) in [5, 5.41) is 2.58. The maximum Gasteiger partial charge on any atom is 0.163 e. The number of hydrogen-bond donors (Lipinski definition) is 2. The van der Waals surface area contributed by atoms with Crippen molar-refractivity contribution in [2.45, 2.75) is 38.3 Å². The van der Waals surface area contributed by atoms with Crippen molar-refractivity contribution in [2.75, 3.05) is 32.7 Å². The van der Waals surface area contributed by atoms with Crippen LogP contribution in [0.2, 0.25) is 0 Å². The van der Waals surface area contributed by atoms with Gasteiger partial charge in [0.15, 0.2) is 11.5 Å². The first-order valence-corrected chi connectivity index (χ1v) is 12.2. The molecule has 1 aliphatic rings. The number of nitrogen functional groups attached to an aromatic ring is 1. The molecule has 188 valence electrons. The number of anilines is 1. The molecule has 3 aromatic heterocycles. The smallest absolute Gasteiger partial charge is 0.163 e. The van der Waals surface area contributed by atoms with Crippen LogP contribution in [0.5, 0.6) is 17.2 Å².